The van der Waals surface area contributed by atoms with Crippen LogP contribution in [-0.4, -0.2) is 10.2 Å². The number of halogens is 1. The van der Waals surface area contributed by atoms with E-state index in [1.54, 1.807) is 0 Å². The first-order valence-electron chi connectivity index (χ1n) is 5.34. The Morgan fingerprint density at radius 2 is 2.12 bits per heavy atom. The molecule has 0 aliphatic heterocycles. The summed E-state index contributed by atoms with van der Waals surface area (Å²) in [5.74, 6) is 1.86. The molecule has 3 nitrogen and oxygen atoms in total. The van der Waals surface area contributed by atoms with E-state index in [1.165, 1.54) is 12.8 Å². The van der Waals surface area contributed by atoms with Crippen molar-refractivity contribution in [1.29, 1.82) is 0 Å². The van der Waals surface area contributed by atoms with Crippen LogP contribution in [0.1, 0.15) is 30.2 Å². The average molecular weight is 235 g/mol. The molecule has 0 bridgehead atoms. The highest BCUT2D eigenvalue weighted by Gasteiger charge is 2.29. The van der Waals surface area contributed by atoms with Gasteiger partial charge in [0.15, 0.2) is 0 Å². The van der Waals surface area contributed by atoms with Crippen molar-refractivity contribution in [1.82, 2.24) is 10.2 Å². The largest absolute Gasteiger partial charge is 0.420 e. The number of rotatable bonds is 2. The van der Waals surface area contributed by atoms with Gasteiger partial charge in [0.1, 0.15) is 0 Å². The van der Waals surface area contributed by atoms with Crippen molar-refractivity contribution in [2.45, 2.75) is 25.7 Å². The lowest BCUT2D eigenvalue weighted by Crippen LogP contribution is -1.83. The van der Waals surface area contributed by atoms with Crippen LogP contribution in [0.3, 0.4) is 0 Å². The molecule has 2 aromatic rings. The zero-order chi connectivity index (χ0) is 11.1. The van der Waals surface area contributed by atoms with Crippen molar-refractivity contribution in [3.8, 4) is 11.5 Å². The summed E-state index contributed by atoms with van der Waals surface area (Å²) < 4.78 is 5.65. The van der Waals surface area contributed by atoms with Gasteiger partial charge in [0, 0.05) is 16.5 Å². The highest BCUT2D eigenvalue weighted by molar-refractivity contribution is 6.30. The van der Waals surface area contributed by atoms with Crippen LogP contribution in [0.15, 0.2) is 22.6 Å². The molecule has 1 aromatic heterocycles. The van der Waals surface area contributed by atoms with E-state index in [2.05, 4.69) is 10.2 Å². The quantitative estimate of drug-likeness (QED) is 0.797. The number of hydrogen-bond acceptors (Lipinski definition) is 3. The maximum Gasteiger partial charge on any atom is 0.248 e. The van der Waals surface area contributed by atoms with Gasteiger partial charge in [-0.25, -0.2) is 0 Å². The molecule has 3 rings (SSSR count). The number of aromatic nitrogens is 2. The van der Waals surface area contributed by atoms with E-state index >= 15 is 0 Å². The van der Waals surface area contributed by atoms with Gasteiger partial charge in [-0.2, -0.15) is 0 Å². The number of benzene rings is 1. The molecule has 1 heterocycles. The Hall–Kier alpha value is -1.35. The van der Waals surface area contributed by atoms with Crippen molar-refractivity contribution >= 4 is 11.6 Å². The first-order chi connectivity index (χ1) is 7.74. The molecule has 0 spiro atoms. The van der Waals surface area contributed by atoms with E-state index in [0.717, 1.165) is 22.0 Å². The van der Waals surface area contributed by atoms with Gasteiger partial charge in [0.25, 0.3) is 0 Å². The summed E-state index contributed by atoms with van der Waals surface area (Å²) in [7, 11) is 0. The minimum Gasteiger partial charge on any atom is -0.420 e. The standard InChI is InChI=1S/C12H11ClN2O/c1-7-6-9(13)4-5-10(7)12-15-14-11(16-12)8-2-3-8/h4-6,8H,2-3H2,1H3. The van der Waals surface area contributed by atoms with Crippen LogP contribution in [0.2, 0.25) is 5.02 Å². The Balaban J connectivity index is 2.00. The molecule has 16 heavy (non-hydrogen) atoms. The lowest BCUT2D eigenvalue weighted by molar-refractivity contribution is 0.508. The van der Waals surface area contributed by atoms with Gasteiger partial charge in [0.2, 0.25) is 11.8 Å². The number of aryl methyl sites for hydroxylation is 1. The molecule has 1 saturated carbocycles. The Kier molecular flexibility index (Phi) is 2.21. The molecule has 0 amide bonds. The van der Waals surface area contributed by atoms with Crippen molar-refractivity contribution < 1.29 is 4.42 Å². The van der Waals surface area contributed by atoms with Crippen molar-refractivity contribution in [2.75, 3.05) is 0 Å². The topological polar surface area (TPSA) is 38.9 Å². The molecule has 1 aromatic carbocycles. The Morgan fingerprint density at radius 3 is 2.81 bits per heavy atom. The molecule has 4 heteroatoms. The van der Waals surface area contributed by atoms with Crippen LogP contribution >= 0.6 is 11.6 Å². The van der Waals surface area contributed by atoms with Gasteiger partial charge in [-0.3, -0.25) is 0 Å². The molecule has 0 radical (unpaired) electrons. The minimum absolute atomic E-state index is 0.494. The fourth-order valence-corrected chi connectivity index (χ4v) is 1.93. The monoisotopic (exact) mass is 234 g/mol. The van der Waals surface area contributed by atoms with Gasteiger partial charge >= 0.3 is 0 Å². The van der Waals surface area contributed by atoms with Gasteiger partial charge in [-0.1, -0.05) is 11.6 Å². The van der Waals surface area contributed by atoms with Crippen LogP contribution in [0, 0.1) is 6.92 Å². The third kappa shape index (κ3) is 1.71. The van der Waals surface area contributed by atoms with E-state index in [0.29, 0.717) is 11.8 Å². The summed E-state index contributed by atoms with van der Waals surface area (Å²) in [4.78, 5) is 0. The first kappa shape index (κ1) is 9.85. The van der Waals surface area contributed by atoms with E-state index < -0.39 is 0 Å². The molecule has 1 aliphatic rings. The highest BCUT2D eigenvalue weighted by atomic mass is 35.5. The van der Waals surface area contributed by atoms with Gasteiger partial charge in [-0.15, -0.1) is 10.2 Å². The molecule has 82 valence electrons. The van der Waals surface area contributed by atoms with Crippen LogP contribution < -0.4 is 0 Å². The first-order valence-corrected chi connectivity index (χ1v) is 5.72. The summed E-state index contributed by atoms with van der Waals surface area (Å²) in [6.45, 7) is 1.99. The predicted molar refractivity (Wildman–Crippen MR) is 61.5 cm³/mol. The Labute approximate surface area is 98.4 Å². The molecule has 0 atom stereocenters. The molecular weight excluding hydrogens is 224 g/mol. The fourth-order valence-electron chi connectivity index (χ4n) is 1.71. The number of nitrogens with zero attached hydrogens (tertiary/aromatic N) is 2. The minimum atomic E-state index is 0.494. The molecule has 0 saturated heterocycles. The summed E-state index contributed by atoms with van der Waals surface area (Å²) in [5.41, 5.74) is 2.02. The third-order valence-corrected chi connectivity index (χ3v) is 3.02. The second-order valence-electron chi connectivity index (χ2n) is 4.18. The van der Waals surface area contributed by atoms with E-state index in [1.807, 2.05) is 25.1 Å². The van der Waals surface area contributed by atoms with Crippen LogP contribution in [0.4, 0.5) is 0 Å². The van der Waals surface area contributed by atoms with Gasteiger partial charge in [0.05, 0.1) is 0 Å². The lowest BCUT2D eigenvalue weighted by Gasteiger charge is -2.00. The lowest BCUT2D eigenvalue weighted by atomic mass is 10.1. The SMILES string of the molecule is Cc1cc(Cl)ccc1-c1nnc(C2CC2)o1. The van der Waals surface area contributed by atoms with Crippen molar-refractivity contribution in [2.24, 2.45) is 0 Å². The zero-order valence-corrected chi connectivity index (χ0v) is 9.66. The molecule has 1 aliphatic carbocycles. The molecule has 0 N–H and O–H groups in total. The Bertz CT molecular complexity index is 532. The summed E-state index contributed by atoms with van der Waals surface area (Å²) in [5, 5.41) is 8.87. The average Bonchev–Trinajstić information content (AvgIpc) is 2.98. The predicted octanol–water partition coefficient (Wildman–Crippen LogP) is 3.58. The van der Waals surface area contributed by atoms with Crippen molar-refractivity contribution in [3.05, 3.63) is 34.7 Å². The fraction of sp³-hybridized carbons (Fsp3) is 0.333. The van der Waals surface area contributed by atoms with Gasteiger partial charge in [-0.05, 0) is 43.5 Å². The van der Waals surface area contributed by atoms with Crippen molar-refractivity contribution in [3.63, 3.8) is 0 Å². The van der Waals surface area contributed by atoms with E-state index in [-0.39, 0.29) is 0 Å². The highest BCUT2D eigenvalue weighted by Crippen LogP contribution is 2.40. The zero-order valence-electron chi connectivity index (χ0n) is 8.90. The number of hydrogen-bond donors (Lipinski definition) is 0. The second-order valence-corrected chi connectivity index (χ2v) is 4.62. The normalized spacial score (nSPS) is 15.4. The second kappa shape index (κ2) is 3.59. The van der Waals surface area contributed by atoms with Crippen LogP contribution in [-0.2, 0) is 0 Å². The summed E-state index contributed by atoms with van der Waals surface area (Å²) >= 11 is 5.90. The maximum absolute atomic E-state index is 5.90. The van der Waals surface area contributed by atoms with Crippen LogP contribution in [0.25, 0.3) is 11.5 Å². The maximum atomic E-state index is 5.90. The Morgan fingerprint density at radius 1 is 1.31 bits per heavy atom. The summed E-state index contributed by atoms with van der Waals surface area (Å²) in [6.07, 6.45) is 2.34. The van der Waals surface area contributed by atoms with Crippen LogP contribution in [0.5, 0.6) is 0 Å². The third-order valence-electron chi connectivity index (χ3n) is 2.79. The van der Waals surface area contributed by atoms with E-state index in [4.69, 9.17) is 16.0 Å². The molecule has 0 unspecified atom stereocenters. The smallest absolute Gasteiger partial charge is 0.248 e. The summed E-state index contributed by atoms with van der Waals surface area (Å²) in [6, 6.07) is 5.66. The van der Waals surface area contributed by atoms with Gasteiger partial charge < -0.3 is 4.42 Å². The molecule has 1 fully saturated rings. The van der Waals surface area contributed by atoms with E-state index in [9.17, 15) is 0 Å². The molecular formula is C12H11ClN2O.